The molecule has 3 nitrogen and oxygen atoms in total. The molecular formula is C59H39N3. The standard InChI is InChI=1S/C59H39N3/c1-2-55-60-52-31-17-33-54-57(52)62(55)56-39(23-16-32-53(56)61(54)38-18-4-3-5-19-38)37-34-35-43-42-22-8-11-26-46(42)59(51(43)36-37)49-29-14-12-27-47(49)58(48-28-13-15-30-50(48)59)44-24-9-6-20-40(44)41-21-7-10-25-45(41)58/h3-36H,2H2,1H3. The van der Waals surface area contributed by atoms with Crippen LogP contribution in [0.1, 0.15) is 57.3 Å². The van der Waals surface area contributed by atoms with Gasteiger partial charge < -0.3 is 4.90 Å². The number of anilines is 3. The molecule has 0 bridgehead atoms. The highest BCUT2D eigenvalue weighted by molar-refractivity contribution is 6.04. The van der Waals surface area contributed by atoms with Gasteiger partial charge in [-0.15, -0.1) is 0 Å². The molecule has 1 aromatic heterocycles. The van der Waals surface area contributed by atoms with E-state index in [0.29, 0.717) is 0 Å². The first-order valence-electron chi connectivity index (χ1n) is 21.9. The lowest BCUT2D eigenvalue weighted by molar-refractivity contribution is 0.633. The zero-order valence-electron chi connectivity index (χ0n) is 34.2. The van der Waals surface area contributed by atoms with E-state index in [4.69, 9.17) is 4.98 Å². The van der Waals surface area contributed by atoms with Crippen LogP contribution in [0.4, 0.5) is 17.1 Å². The van der Waals surface area contributed by atoms with E-state index >= 15 is 0 Å². The second-order valence-electron chi connectivity index (χ2n) is 17.2. The van der Waals surface area contributed by atoms with Crippen molar-refractivity contribution in [2.45, 2.75) is 24.2 Å². The van der Waals surface area contributed by atoms with Crippen LogP contribution >= 0.6 is 0 Å². The van der Waals surface area contributed by atoms with Crippen molar-refractivity contribution in [3.8, 4) is 39.1 Å². The molecule has 0 atom stereocenters. The van der Waals surface area contributed by atoms with E-state index in [9.17, 15) is 0 Å². The van der Waals surface area contributed by atoms with E-state index in [1.165, 1.54) is 83.6 Å². The molecule has 1 aliphatic heterocycles. The molecule has 62 heavy (non-hydrogen) atoms. The molecule has 0 saturated carbocycles. The second-order valence-corrected chi connectivity index (χ2v) is 17.2. The van der Waals surface area contributed by atoms with Crippen LogP contribution < -0.4 is 4.90 Å². The molecule has 9 aromatic carbocycles. The van der Waals surface area contributed by atoms with Gasteiger partial charge >= 0.3 is 0 Å². The Balaban J connectivity index is 1.08. The SMILES string of the molecule is CCc1nc2cccc3c2n1-c1c(-c2ccc4c(c2)C2(c5ccccc5-4)c4ccccc4C4(c5ccccc5-c5ccccc54)c4ccccc42)cccc1N3c1ccccc1. The van der Waals surface area contributed by atoms with Crippen molar-refractivity contribution in [2.24, 2.45) is 0 Å². The smallest absolute Gasteiger partial charge is 0.114 e. The van der Waals surface area contributed by atoms with Gasteiger partial charge in [-0.25, -0.2) is 4.98 Å². The zero-order valence-corrected chi connectivity index (χ0v) is 34.2. The van der Waals surface area contributed by atoms with E-state index in [2.05, 4.69) is 223 Å². The molecule has 2 heterocycles. The van der Waals surface area contributed by atoms with Crippen LogP contribution in [0, 0.1) is 0 Å². The summed E-state index contributed by atoms with van der Waals surface area (Å²) in [6.07, 6.45) is 0.817. The zero-order chi connectivity index (χ0) is 40.7. The van der Waals surface area contributed by atoms with Crippen LogP contribution in [0.3, 0.4) is 0 Å². The van der Waals surface area contributed by atoms with Crippen LogP contribution in [0.25, 0.3) is 50.1 Å². The van der Waals surface area contributed by atoms with Gasteiger partial charge in [0.05, 0.1) is 38.9 Å². The van der Waals surface area contributed by atoms with Crippen LogP contribution in [0.5, 0.6) is 0 Å². The predicted molar refractivity (Wildman–Crippen MR) is 252 cm³/mol. The molecule has 14 rings (SSSR count). The minimum Gasteiger partial charge on any atom is -0.306 e. The lowest BCUT2D eigenvalue weighted by Crippen LogP contribution is -2.43. The summed E-state index contributed by atoms with van der Waals surface area (Å²) < 4.78 is 2.45. The second kappa shape index (κ2) is 12.2. The van der Waals surface area contributed by atoms with Gasteiger partial charge in [0.2, 0.25) is 0 Å². The summed E-state index contributed by atoms with van der Waals surface area (Å²) in [7, 11) is 0. The van der Waals surface area contributed by atoms with E-state index in [1.807, 2.05) is 0 Å². The van der Waals surface area contributed by atoms with Crippen molar-refractivity contribution in [2.75, 3.05) is 4.90 Å². The van der Waals surface area contributed by atoms with Crippen molar-refractivity contribution >= 4 is 28.1 Å². The first-order chi connectivity index (χ1) is 30.7. The number of para-hydroxylation sites is 3. The lowest BCUT2D eigenvalue weighted by Gasteiger charge is -2.48. The Kier molecular flexibility index (Phi) is 6.68. The number of aromatic nitrogens is 2. The monoisotopic (exact) mass is 789 g/mol. The Bertz CT molecular complexity index is 3440. The maximum atomic E-state index is 5.27. The first-order valence-corrected chi connectivity index (χ1v) is 21.9. The first kappa shape index (κ1) is 34.0. The number of rotatable bonds is 3. The fourth-order valence-corrected chi connectivity index (χ4v) is 12.4. The third-order valence-corrected chi connectivity index (χ3v) is 14.6. The van der Waals surface area contributed by atoms with Crippen molar-refractivity contribution < 1.29 is 0 Å². The van der Waals surface area contributed by atoms with Crippen LogP contribution in [-0.2, 0) is 17.3 Å². The Morgan fingerprint density at radius 1 is 0.403 bits per heavy atom. The number of aryl methyl sites for hydroxylation is 1. The van der Waals surface area contributed by atoms with E-state index in [0.717, 1.165) is 40.3 Å². The number of imidazole rings is 1. The molecule has 2 spiro atoms. The molecule has 0 saturated heterocycles. The van der Waals surface area contributed by atoms with Gasteiger partial charge in [-0.3, -0.25) is 4.57 Å². The maximum Gasteiger partial charge on any atom is 0.114 e. The van der Waals surface area contributed by atoms with E-state index in [1.54, 1.807) is 0 Å². The third kappa shape index (κ3) is 3.96. The van der Waals surface area contributed by atoms with Crippen molar-refractivity contribution in [3.63, 3.8) is 0 Å². The Hall–Kier alpha value is -7.75. The third-order valence-electron chi connectivity index (χ3n) is 14.6. The number of benzene rings is 9. The normalized spacial score (nSPS) is 14.8. The number of fused-ring (bicyclic) bond motifs is 18. The molecule has 0 unspecified atom stereocenters. The molecule has 10 aromatic rings. The Labute approximate surface area is 360 Å². The average Bonchev–Trinajstić information content (AvgIpc) is 3.97. The molecular weight excluding hydrogens is 751 g/mol. The van der Waals surface area contributed by atoms with Crippen LogP contribution in [0.15, 0.2) is 206 Å². The fraction of sp³-hybridized carbons (Fsp3) is 0.0678. The summed E-state index contributed by atoms with van der Waals surface area (Å²) in [5.74, 6) is 1.07. The molecule has 0 amide bonds. The molecule has 0 radical (unpaired) electrons. The highest BCUT2D eigenvalue weighted by atomic mass is 15.2. The minimum atomic E-state index is -0.568. The van der Waals surface area contributed by atoms with Gasteiger partial charge in [0, 0.05) is 17.7 Å². The van der Waals surface area contributed by atoms with Gasteiger partial charge in [0.25, 0.3) is 0 Å². The average molecular weight is 790 g/mol. The highest BCUT2D eigenvalue weighted by Gasteiger charge is 2.58. The quantitative estimate of drug-likeness (QED) is 0.178. The summed E-state index contributed by atoms with van der Waals surface area (Å²) in [5, 5.41) is 0. The summed E-state index contributed by atoms with van der Waals surface area (Å²) in [6, 6.07) is 77.7. The number of hydrogen-bond acceptors (Lipinski definition) is 2. The lowest BCUT2D eigenvalue weighted by atomic mass is 9.52. The molecule has 4 aliphatic rings. The van der Waals surface area contributed by atoms with Crippen molar-refractivity contribution in [1.29, 1.82) is 0 Å². The largest absolute Gasteiger partial charge is 0.306 e. The van der Waals surface area contributed by atoms with Gasteiger partial charge in [-0.1, -0.05) is 177 Å². The Morgan fingerprint density at radius 3 is 1.45 bits per heavy atom. The van der Waals surface area contributed by atoms with Gasteiger partial charge in [0.15, 0.2) is 0 Å². The van der Waals surface area contributed by atoms with Crippen molar-refractivity contribution in [1.82, 2.24) is 9.55 Å². The summed E-state index contributed by atoms with van der Waals surface area (Å²) >= 11 is 0. The summed E-state index contributed by atoms with van der Waals surface area (Å²) in [4.78, 5) is 7.70. The van der Waals surface area contributed by atoms with Gasteiger partial charge in [-0.05, 0) is 109 Å². The topological polar surface area (TPSA) is 21.1 Å². The van der Waals surface area contributed by atoms with Gasteiger partial charge in [0.1, 0.15) is 5.82 Å². The molecule has 0 N–H and O–H groups in total. The minimum absolute atomic E-state index is 0.475. The summed E-state index contributed by atoms with van der Waals surface area (Å²) in [5.41, 5.74) is 24.1. The van der Waals surface area contributed by atoms with E-state index < -0.39 is 10.8 Å². The molecule has 290 valence electrons. The maximum absolute atomic E-state index is 5.27. The Morgan fingerprint density at radius 2 is 0.871 bits per heavy atom. The van der Waals surface area contributed by atoms with Crippen molar-refractivity contribution in [3.05, 3.63) is 257 Å². The molecule has 3 aliphatic carbocycles. The molecule has 3 heteroatoms. The fourth-order valence-electron chi connectivity index (χ4n) is 12.4. The number of hydrogen-bond donors (Lipinski definition) is 0. The van der Waals surface area contributed by atoms with Crippen LogP contribution in [0.2, 0.25) is 0 Å². The highest BCUT2D eigenvalue weighted by Crippen LogP contribution is 2.67. The number of nitrogens with zero attached hydrogens (tertiary/aromatic N) is 3. The predicted octanol–water partition coefficient (Wildman–Crippen LogP) is 14.1. The van der Waals surface area contributed by atoms with E-state index in [-0.39, 0.29) is 0 Å². The summed E-state index contributed by atoms with van der Waals surface area (Å²) in [6.45, 7) is 2.22. The van der Waals surface area contributed by atoms with Gasteiger partial charge in [-0.2, -0.15) is 0 Å². The van der Waals surface area contributed by atoms with Crippen LogP contribution in [-0.4, -0.2) is 9.55 Å². The molecule has 0 fully saturated rings.